The zero-order valence-electron chi connectivity index (χ0n) is 21.5. The van der Waals surface area contributed by atoms with Crippen molar-refractivity contribution in [2.24, 2.45) is 26.1 Å². The molecule has 1 aromatic heterocycles. The average molecular weight is 465 g/mol. The SMILES string of the molecule is CC1=CC=C(C(C)(C)C)CC1N=C(N=C(N)N1CCC(c2cnc[nH]2)CC1)C1C(C)N=CN1C. The molecule has 1 saturated heterocycles. The van der Waals surface area contributed by atoms with Crippen LogP contribution in [0.25, 0.3) is 0 Å². The first-order valence-corrected chi connectivity index (χ1v) is 12.4. The fraction of sp³-hybridized carbons (Fsp3) is 0.615. The van der Waals surface area contributed by atoms with Crippen LogP contribution in [0, 0.1) is 5.41 Å². The molecule has 184 valence electrons. The zero-order chi connectivity index (χ0) is 24.5. The van der Waals surface area contributed by atoms with Gasteiger partial charge < -0.3 is 20.5 Å². The first-order valence-electron chi connectivity index (χ1n) is 12.4. The summed E-state index contributed by atoms with van der Waals surface area (Å²) in [4.78, 5) is 26.5. The topological polar surface area (TPSA) is 98.3 Å². The maximum Gasteiger partial charge on any atom is 0.197 e. The highest BCUT2D eigenvalue weighted by atomic mass is 15.3. The Morgan fingerprint density at radius 1 is 1.21 bits per heavy atom. The molecule has 3 atom stereocenters. The molecule has 8 heteroatoms. The van der Waals surface area contributed by atoms with Gasteiger partial charge in [0.15, 0.2) is 11.8 Å². The fourth-order valence-electron chi connectivity index (χ4n) is 5.01. The molecule has 1 fully saturated rings. The van der Waals surface area contributed by atoms with Gasteiger partial charge in [0.2, 0.25) is 0 Å². The van der Waals surface area contributed by atoms with Crippen LogP contribution in [-0.4, -0.2) is 76.2 Å². The lowest BCUT2D eigenvalue weighted by Crippen LogP contribution is -2.45. The van der Waals surface area contributed by atoms with Crippen LogP contribution < -0.4 is 5.73 Å². The summed E-state index contributed by atoms with van der Waals surface area (Å²) >= 11 is 0. The third-order valence-corrected chi connectivity index (χ3v) is 7.39. The number of piperidine rings is 1. The van der Waals surface area contributed by atoms with Crippen LogP contribution in [0.1, 0.15) is 65.5 Å². The number of rotatable bonds is 3. The van der Waals surface area contributed by atoms with E-state index in [9.17, 15) is 0 Å². The smallest absolute Gasteiger partial charge is 0.197 e. The third kappa shape index (κ3) is 5.26. The number of nitrogens with one attached hydrogen (secondary N) is 1. The quantitative estimate of drug-likeness (QED) is 0.526. The molecule has 0 spiro atoms. The van der Waals surface area contributed by atoms with Crippen molar-refractivity contribution >= 4 is 18.1 Å². The Labute approximate surface area is 203 Å². The van der Waals surface area contributed by atoms with Crippen LogP contribution in [-0.2, 0) is 0 Å². The first-order chi connectivity index (χ1) is 16.1. The summed E-state index contributed by atoms with van der Waals surface area (Å²) in [7, 11) is 2.04. The fourth-order valence-corrected chi connectivity index (χ4v) is 5.01. The van der Waals surface area contributed by atoms with E-state index >= 15 is 0 Å². The third-order valence-electron chi connectivity index (χ3n) is 7.39. The molecule has 0 radical (unpaired) electrons. The predicted octanol–water partition coefficient (Wildman–Crippen LogP) is 3.72. The van der Waals surface area contributed by atoms with Gasteiger partial charge in [-0.2, -0.15) is 4.99 Å². The number of aromatic nitrogens is 2. The number of imidazole rings is 1. The molecule has 3 unspecified atom stereocenters. The normalized spacial score (nSPS) is 27.3. The highest BCUT2D eigenvalue weighted by Gasteiger charge is 2.33. The number of aliphatic imine (C=N–C) groups is 3. The summed E-state index contributed by atoms with van der Waals surface area (Å²) in [6.45, 7) is 12.8. The molecule has 8 nitrogen and oxygen atoms in total. The summed E-state index contributed by atoms with van der Waals surface area (Å²) in [5, 5.41) is 0. The number of hydrogen-bond donors (Lipinski definition) is 2. The molecule has 3 aliphatic rings. The van der Waals surface area contributed by atoms with E-state index in [1.54, 1.807) is 6.33 Å². The Kier molecular flexibility index (Phi) is 6.96. The van der Waals surface area contributed by atoms with Gasteiger partial charge in [-0.3, -0.25) is 9.98 Å². The Hall–Kier alpha value is -2.90. The van der Waals surface area contributed by atoms with Gasteiger partial charge in [-0.25, -0.2) is 4.98 Å². The zero-order valence-corrected chi connectivity index (χ0v) is 21.5. The van der Waals surface area contributed by atoms with Gasteiger partial charge in [-0.15, -0.1) is 0 Å². The first kappa shape index (κ1) is 24.2. The lowest BCUT2D eigenvalue weighted by molar-refractivity contribution is 0.308. The number of aromatic amines is 1. The van der Waals surface area contributed by atoms with Gasteiger partial charge in [0.05, 0.1) is 24.7 Å². The van der Waals surface area contributed by atoms with Crippen molar-refractivity contribution in [2.75, 3.05) is 20.1 Å². The van der Waals surface area contributed by atoms with Crippen LogP contribution in [0.4, 0.5) is 0 Å². The molecule has 3 heterocycles. The van der Waals surface area contributed by atoms with E-state index in [-0.39, 0.29) is 23.5 Å². The summed E-state index contributed by atoms with van der Waals surface area (Å²) in [6, 6.07) is 0.132. The number of nitrogens with zero attached hydrogens (tertiary/aromatic N) is 6. The second kappa shape index (κ2) is 9.76. The summed E-state index contributed by atoms with van der Waals surface area (Å²) < 4.78 is 0. The Morgan fingerprint density at radius 3 is 2.53 bits per heavy atom. The number of guanidine groups is 1. The van der Waals surface area contributed by atoms with Crippen molar-refractivity contribution in [2.45, 2.75) is 77.9 Å². The number of nitrogens with two attached hydrogens (primary N) is 1. The van der Waals surface area contributed by atoms with Crippen LogP contribution in [0.15, 0.2) is 50.8 Å². The molecular formula is C26H40N8. The predicted molar refractivity (Wildman–Crippen MR) is 140 cm³/mol. The Bertz CT molecular complexity index is 988. The number of hydrogen-bond acceptors (Lipinski definition) is 4. The van der Waals surface area contributed by atoms with Crippen molar-refractivity contribution in [1.82, 2.24) is 19.8 Å². The van der Waals surface area contributed by atoms with E-state index in [0.29, 0.717) is 11.9 Å². The number of allylic oxidation sites excluding steroid dienone is 2. The summed E-state index contributed by atoms with van der Waals surface area (Å²) in [5.74, 6) is 1.82. The highest BCUT2D eigenvalue weighted by molar-refractivity contribution is 6.00. The molecule has 3 N–H and O–H groups in total. The number of amidine groups is 1. The molecule has 4 rings (SSSR count). The van der Waals surface area contributed by atoms with Gasteiger partial charge >= 0.3 is 0 Å². The standard InChI is InChI=1S/C26H40N8/c1-17-7-8-20(26(3,4)5)13-21(17)31-24(23-18(2)30-16-33(23)6)32-25(27)34-11-9-19(10-12-34)22-14-28-15-29-22/h7-8,14-16,18-19,21,23H,9-13H2,1-6H3,(H,28,29)(H2,27,31,32). The molecule has 2 aliphatic heterocycles. The number of H-pyrrole nitrogens is 1. The number of likely N-dealkylation sites (tertiary alicyclic amines) is 1. The van der Waals surface area contributed by atoms with Gasteiger partial charge in [0.25, 0.3) is 0 Å². The largest absolute Gasteiger partial charge is 0.369 e. The number of likely N-dealkylation sites (N-methyl/N-ethyl adjacent to an activating group) is 1. The Balaban J connectivity index is 1.56. The van der Waals surface area contributed by atoms with Crippen molar-refractivity contribution in [1.29, 1.82) is 0 Å². The lowest BCUT2D eigenvalue weighted by Gasteiger charge is -2.33. The molecule has 34 heavy (non-hydrogen) atoms. The molecular weight excluding hydrogens is 424 g/mol. The van der Waals surface area contributed by atoms with E-state index in [0.717, 1.165) is 38.2 Å². The molecule has 0 aromatic carbocycles. The minimum absolute atomic E-state index is 0.0159. The van der Waals surface area contributed by atoms with Crippen LogP contribution in [0.2, 0.25) is 0 Å². The molecule has 1 aliphatic carbocycles. The van der Waals surface area contributed by atoms with Crippen LogP contribution in [0.5, 0.6) is 0 Å². The minimum atomic E-state index is -0.0159. The van der Waals surface area contributed by atoms with Crippen molar-refractivity contribution in [3.63, 3.8) is 0 Å². The van der Waals surface area contributed by atoms with E-state index < -0.39 is 0 Å². The monoisotopic (exact) mass is 464 g/mol. The van der Waals surface area contributed by atoms with Crippen molar-refractivity contribution < 1.29 is 0 Å². The summed E-state index contributed by atoms with van der Waals surface area (Å²) in [5.41, 5.74) is 10.6. The van der Waals surface area contributed by atoms with Gasteiger partial charge in [-0.1, -0.05) is 38.5 Å². The van der Waals surface area contributed by atoms with Gasteiger partial charge in [0.1, 0.15) is 6.04 Å². The van der Waals surface area contributed by atoms with Crippen LogP contribution in [0.3, 0.4) is 0 Å². The molecule has 1 aromatic rings. The summed E-state index contributed by atoms with van der Waals surface area (Å²) in [6.07, 6.45) is 13.0. The molecule has 0 amide bonds. The van der Waals surface area contributed by atoms with Crippen LogP contribution >= 0.6 is 0 Å². The average Bonchev–Trinajstić information content (AvgIpc) is 3.44. The van der Waals surface area contributed by atoms with Crippen molar-refractivity contribution in [3.8, 4) is 0 Å². The lowest BCUT2D eigenvalue weighted by atomic mass is 9.79. The minimum Gasteiger partial charge on any atom is -0.369 e. The van der Waals surface area contributed by atoms with Crippen molar-refractivity contribution in [3.05, 3.63) is 41.5 Å². The van der Waals surface area contributed by atoms with Gasteiger partial charge in [-0.05, 0) is 44.1 Å². The van der Waals surface area contributed by atoms with E-state index in [2.05, 4.69) is 71.5 Å². The second-order valence-corrected chi connectivity index (χ2v) is 10.9. The van der Waals surface area contributed by atoms with E-state index in [1.807, 2.05) is 19.6 Å². The molecule has 0 saturated carbocycles. The highest BCUT2D eigenvalue weighted by Crippen LogP contribution is 2.34. The van der Waals surface area contributed by atoms with E-state index in [1.165, 1.54) is 16.8 Å². The maximum absolute atomic E-state index is 6.60. The second-order valence-electron chi connectivity index (χ2n) is 10.9. The van der Waals surface area contributed by atoms with Gasteiger partial charge in [0, 0.05) is 37.9 Å². The Morgan fingerprint density at radius 2 is 1.94 bits per heavy atom. The van der Waals surface area contributed by atoms with E-state index in [4.69, 9.17) is 15.7 Å². The molecule has 0 bridgehead atoms. The maximum atomic E-state index is 6.60.